The average molecular weight is 403 g/mol. The van der Waals surface area contributed by atoms with Crippen molar-refractivity contribution in [3.05, 3.63) is 46.5 Å². The molecular weight excluding hydrogens is 380 g/mol. The first-order chi connectivity index (χ1) is 12.0. The van der Waals surface area contributed by atoms with E-state index in [1.807, 2.05) is 18.2 Å². The van der Waals surface area contributed by atoms with Crippen LogP contribution in [0.1, 0.15) is 38.2 Å². The van der Waals surface area contributed by atoms with E-state index in [1.165, 1.54) is 6.42 Å². The van der Waals surface area contributed by atoms with Gasteiger partial charge in [0, 0.05) is 16.1 Å². The molecule has 0 radical (unpaired) electrons. The first-order valence-corrected chi connectivity index (χ1v) is 9.30. The molecule has 0 aliphatic heterocycles. The fourth-order valence-electron chi connectivity index (χ4n) is 2.99. The minimum Gasteiger partial charge on any atom is -0.489 e. The summed E-state index contributed by atoms with van der Waals surface area (Å²) in [5.74, 6) is 0.723. The SMILES string of the molecule is C=CCOc1ccc(Br)cc1/C=C(\C#N)C(=O)N[C@@H]1CCCC[C@H]1C. The summed E-state index contributed by atoms with van der Waals surface area (Å²) in [5.41, 5.74) is 0.763. The number of hydrogen-bond donors (Lipinski definition) is 1. The topological polar surface area (TPSA) is 62.1 Å². The third-order valence-corrected chi connectivity index (χ3v) is 4.91. The van der Waals surface area contributed by atoms with Crippen LogP contribution in [0.4, 0.5) is 0 Å². The molecule has 0 spiro atoms. The van der Waals surface area contributed by atoms with Crippen LogP contribution in [0.15, 0.2) is 40.9 Å². The Kier molecular flexibility index (Phi) is 7.27. The van der Waals surface area contributed by atoms with Crippen LogP contribution < -0.4 is 10.1 Å². The maximum absolute atomic E-state index is 12.5. The lowest BCUT2D eigenvalue weighted by Crippen LogP contribution is -2.41. The van der Waals surface area contributed by atoms with Crippen LogP contribution in [0, 0.1) is 17.2 Å². The Morgan fingerprint density at radius 3 is 2.92 bits per heavy atom. The molecule has 1 aromatic rings. The van der Waals surface area contributed by atoms with Gasteiger partial charge in [-0.2, -0.15) is 5.26 Å². The van der Waals surface area contributed by atoms with E-state index in [0.29, 0.717) is 23.8 Å². The molecule has 0 heterocycles. The Balaban J connectivity index is 2.21. The molecule has 1 aromatic carbocycles. The number of carbonyl (C=O) groups is 1. The zero-order valence-corrected chi connectivity index (χ0v) is 16.0. The van der Waals surface area contributed by atoms with Crippen molar-refractivity contribution in [3.8, 4) is 11.8 Å². The first kappa shape index (κ1) is 19.3. The van der Waals surface area contributed by atoms with Crippen LogP contribution in [-0.4, -0.2) is 18.6 Å². The van der Waals surface area contributed by atoms with E-state index in [0.717, 1.165) is 23.7 Å². The Labute approximate surface area is 157 Å². The van der Waals surface area contributed by atoms with Gasteiger partial charge in [0.2, 0.25) is 0 Å². The monoisotopic (exact) mass is 402 g/mol. The Hall–Kier alpha value is -2.06. The van der Waals surface area contributed by atoms with E-state index in [4.69, 9.17) is 4.74 Å². The van der Waals surface area contributed by atoms with Gasteiger partial charge < -0.3 is 10.1 Å². The van der Waals surface area contributed by atoms with Crippen molar-refractivity contribution in [2.24, 2.45) is 5.92 Å². The molecule has 0 saturated heterocycles. The Morgan fingerprint density at radius 1 is 1.48 bits per heavy atom. The number of amides is 1. The largest absolute Gasteiger partial charge is 0.489 e. The number of hydrogen-bond acceptors (Lipinski definition) is 3. The summed E-state index contributed by atoms with van der Waals surface area (Å²) in [5, 5.41) is 12.5. The second-order valence-electron chi connectivity index (χ2n) is 6.29. The van der Waals surface area contributed by atoms with E-state index in [9.17, 15) is 10.1 Å². The number of rotatable bonds is 6. The predicted molar refractivity (Wildman–Crippen MR) is 103 cm³/mol. The van der Waals surface area contributed by atoms with Gasteiger partial charge in [0.1, 0.15) is 24.0 Å². The maximum Gasteiger partial charge on any atom is 0.262 e. The van der Waals surface area contributed by atoms with Crippen molar-refractivity contribution in [1.82, 2.24) is 5.32 Å². The predicted octanol–water partition coefficient (Wildman–Crippen LogP) is 4.62. The molecule has 2 rings (SSSR count). The van der Waals surface area contributed by atoms with Gasteiger partial charge >= 0.3 is 0 Å². The third-order valence-electron chi connectivity index (χ3n) is 4.42. The van der Waals surface area contributed by atoms with Gasteiger partial charge in [0.15, 0.2) is 0 Å². The van der Waals surface area contributed by atoms with Crippen molar-refractivity contribution in [2.45, 2.75) is 38.6 Å². The number of nitrogens with zero attached hydrogens (tertiary/aromatic N) is 1. The summed E-state index contributed by atoms with van der Waals surface area (Å²) >= 11 is 3.41. The van der Waals surface area contributed by atoms with E-state index in [2.05, 4.69) is 34.7 Å². The minimum atomic E-state index is -0.323. The molecule has 0 aromatic heterocycles. The smallest absolute Gasteiger partial charge is 0.262 e. The number of benzene rings is 1. The second kappa shape index (κ2) is 9.43. The molecule has 1 fully saturated rings. The van der Waals surface area contributed by atoms with Crippen molar-refractivity contribution in [1.29, 1.82) is 5.26 Å². The number of nitriles is 1. The quantitative estimate of drug-likeness (QED) is 0.429. The number of ether oxygens (including phenoxy) is 1. The number of nitrogens with one attached hydrogen (secondary N) is 1. The van der Waals surface area contributed by atoms with Crippen LogP contribution in [0.2, 0.25) is 0 Å². The number of halogens is 1. The first-order valence-electron chi connectivity index (χ1n) is 8.51. The molecule has 5 heteroatoms. The van der Waals surface area contributed by atoms with Crippen molar-refractivity contribution >= 4 is 27.9 Å². The van der Waals surface area contributed by atoms with Crippen LogP contribution in [0.25, 0.3) is 6.08 Å². The summed E-state index contributed by atoms with van der Waals surface area (Å²) in [6.45, 7) is 6.14. The molecule has 1 amide bonds. The molecule has 1 saturated carbocycles. The highest BCUT2D eigenvalue weighted by Gasteiger charge is 2.24. The molecule has 1 aliphatic rings. The van der Waals surface area contributed by atoms with E-state index < -0.39 is 0 Å². The van der Waals surface area contributed by atoms with Gasteiger partial charge in [-0.3, -0.25) is 4.79 Å². The molecule has 1 aliphatic carbocycles. The van der Waals surface area contributed by atoms with Gasteiger partial charge in [-0.1, -0.05) is 48.4 Å². The third kappa shape index (κ3) is 5.47. The normalized spacial score (nSPS) is 20.4. The Morgan fingerprint density at radius 2 is 2.24 bits per heavy atom. The lowest BCUT2D eigenvalue weighted by atomic mass is 9.86. The van der Waals surface area contributed by atoms with Gasteiger partial charge in [0.25, 0.3) is 5.91 Å². The highest BCUT2D eigenvalue weighted by Crippen LogP contribution is 2.27. The van der Waals surface area contributed by atoms with Gasteiger partial charge in [0.05, 0.1) is 0 Å². The van der Waals surface area contributed by atoms with E-state index in [-0.39, 0.29) is 17.5 Å². The van der Waals surface area contributed by atoms with Gasteiger partial charge in [-0.05, 0) is 43.0 Å². The molecule has 25 heavy (non-hydrogen) atoms. The highest BCUT2D eigenvalue weighted by molar-refractivity contribution is 9.10. The highest BCUT2D eigenvalue weighted by atomic mass is 79.9. The molecule has 132 valence electrons. The summed E-state index contributed by atoms with van der Waals surface area (Å²) in [6.07, 6.45) is 7.63. The lowest BCUT2D eigenvalue weighted by molar-refractivity contribution is -0.118. The van der Waals surface area contributed by atoms with Crippen molar-refractivity contribution < 1.29 is 9.53 Å². The molecule has 0 unspecified atom stereocenters. The molecular formula is C20H23BrN2O2. The Bertz CT molecular complexity index is 706. The average Bonchev–Trinajstić information content (AvgIpc) is 2.60. The molecule has 0 bridgehead atoms. The molecule has 2 atom stereocenters. The van der Waals surface area contributed by atoms with Crippen LogP contribution in [0.3, 0.4) is 0 Å². The van der Waals surface area contributed by atoms with Crippen LogP contribution in [0.5, 0.6) is 5.75 Å². The zero-order valence-electron chi connectivity index (χ0n) is 14.4. The fourth-order valence-corrected chi connectivity index (χ4v) is 3.37. The lowest BCUT2D eigenvalue weighted by Gasteiger charge is -2.29. The molecule has 1 N–H and O–H groups in total. The minimum absolute atomic E-state index is 0.0827. The number of carbonyl (C=O) groups excluding carboxylic acids is 1. The summed E-state index contributed by atoms with van der Waals surface area (Å²) < 4.78 is 6.46. The summed E-state index contributed by atoms with van der Waals surface area (Å²) in [4.78, 5) is 12.5. The standard InChI is InChI=1S/C20H23BrN2O2/c1-3-10-25-19-9-8-17(21)12-15(19)11-16(13-22)20(24)23-18-7-5-4-6-14(18)2/h3,8-9,11-12,14,18H,1,4-7,10H2,2H3,(H,23,24)/b16-11+/t14-,18-/m1/s1. The van der Waals surface area contributed by atoms with E-state index >= 15 is 0 Å². The van der Waals surface area contributed by atoms with Crippen molar-refractivity contribution in [2.75, 3.05) is 6.61 Å². The summed E-state index contributed by atoms with van der Waals surface area (Å²) in [6, 6.07) is 7.63. The maximum atomic E-state index is 12.5. The molecule has 4 nitrogen and oxygen atoms in total. The van der Waals surface area contributed by atoms with Gasteiger partial charge in [-0.15, -0.1) is 0 Å². The van der Waals surface area contributed by atoms with Crippen molar-refractivity contribution in [3.63, 3.8) is 0 Å². The second-order valence-corrected chi connectivity index (χ2v) is 7.21. The van der Waals surface area contributed by atoms with E-state index in [1.54, 1.807) is 18.2 Å². The van der Waals surface area contributed by atoms with Crippen LogP contribution >= 0.6 is 15.9 Å². The summed E-state index contributed by atoms with van der Waals surface area (Å²) in [7, 11) is 0. The van der Waals surface area contributed by atoms with Crippen LogP contribution in [-0.2, 0) is 4.79 Å². The zero-order chi connectivity index (χ0) is 18.2. The van der Waals surface area contributed by atoms with Gasteiger partial charge in [-0.25, -0.2) is 0 Å². The fraction of sp³-hybridized carbons (Fsp3) is 0.400.